The molecule has 2 aliphatic rings. The number of carbonyl (C=O) groups excluding carboxylic acids is 1. The van der Waals surface area contributed by atoms with E-state index in [2.05, 4.69) is 5.16 Å². The zero-order valence-corrected chi connectivity index (χ0v) is 19.0. The summed E-state index contributed by atoms with van der Waals surface area (Å²) in [4.78, 5) is 25.3. The van der Waals surface area contributed by atoms with Crippen molar-refractivity contribution in [1.29, 1.82) is 0 Å². The van der Waals surface area contributed by atoms with Crippen molar-refractivity contribution in [2.24, 2.45) is 0 Å². The fourth-order valence-corrected chi connectivity index (χ4v) is 4.38. The average Bonchev–Trinajstić information content (AvgIpc) is 3.48. The first-order valence-corrected chi connectivity index (χ1v) is 11.4. The molecule has 178 valence electrons. The molecule has 1 aromatic heterocycles. The number of carboxylic acids is 1. The molecule has 2 atom stereocenters. The molecule has 1 aliphatic carbocycles. The molecule has 4 rings (SSSR count). The summed E-state index contributed by atoms with van der Waals surface area (Å²) in [6.07, 6.45) is 3.87. The molecule has 33 heavy (non-hydrogen) atoms. The molecule has 1 amide bonds. The van der Waals surface area contributed by atoms with Crippen molar-refractivity contribution in [1.82, 2.24) is 10.1 Å². The van der Waals surface area contributed by atoms with Crippen molar-refractivity contribution < 1.29 is 33.4 Å². The Morgan fingerprint density at radius 3 is 2.61 bits per heavy atom. The summed E-state index contributed by atoms with van der Waals surface area (Å²) in [6.45, 7) is 2.25. The molecule has 9 nitrogen and oxygen atoms in total. The second-order valence-corrected chi connectivity index (χ2v) is 8.67. The van der Waals surface area contributed by atoms with Crippen molar-refractivity contribution in [3.8, 4) is 17.1 Å². The maximum atomic E-state index is 12.5. The first kappa shape index (κ1) is 23.1. The maximum absolute atomic E-state index is 12.5. The number of aromatic nitrogens is 1. The van der Waals surface area contributed by atoms with Gasteiger partial charge in [-0.05, 0) is 44.0 Å². The van der Waals surface area contributed by atoms with E-state index in [1.54, 1.807) is 11.9 Å². The van der Waals surface area contributed by atoms with Crippen molar-refractivity contribution in [2.75, 3.05) is 13.7 Å². The highest BCUT2D eigenvalue weighted by atomic mass is 16.6. The molecule has 0 spiro atoms. The highest BCUT2D eigenvalue weighted by Crippen LogP contribution is 2.30. The van der Waals surface area contributed by atoms with Crippen LogP contribution in [0, 0.1) is 6.92 Å². The molecule has 2 heterocycles. The lowest BCUT2D eigenvalue weighted by Crippen LogP contribution is -2.37. The van der Waals surface area contributed by atoms with Gasteiger partial charge < -0.3 is 28.7 Å². The summed E-state index contributed by atoms with van der Waals surface area (Å²) >= 11 is 0. The maximum Gasteiger partial charge on any atom is 0.410 e. The Morgan fingerprint density at radius 2 is 1.91 bits per heavy atom. The minimum Gasteiger partial charge on any atom is -0.490 e. The van der Waals surface area contributed by atoms with Gasteiger partial charge in [0.15, 0.2) is 11.9 Å². The topological polar surface area (TPSA) is 111 Å². The third-order valence-corrected chi connectivity index (χ3v) is 6.42. The van der Waals surface area contributed by atoms with Crippen LogP contribution in [0.2, 0.25) is 0 Å². The largest absolute Gasteiger partial charge is 0.490 e. The third-order valence-electron chi connectivity index (χ3n) is 6.42. The van der Waals surface area contributed by atoms with E-state index in [4.69, 9.17) is 23.8 Å². The molecule has 2 aromatic rings. The minimum atomic E-state index is -0.970. The van der Waals surface area contributed by atoms with Gasteiger partial charge in [0.25, 0.3) is 0 Å². The summed E-state index contributed by atoms with van der Waals surface area (Å²) in [6, 6.07) is 7.55. The van der Waals surface area contributed by atoms with Gasteiger partial charge in [0, 0.05) is 31.5 Å². The van der Waals surface area contributed by atoms with Crippen LogP contribution in [0.15, 0.2) is 28.8 Å². The molecule has 0 radical (unpaired) electrons. The van der Waals surface area contributed by atoms with Gasteiger partial charge in [-0.15, -0.1) is 0 Å². The minimum absolute atomic E-state index is 0.0808. The van der Waals surface area contributed by atoms with Crippen LogP contribution in [0.4, 0.5) is 4.79 Å². The van der Waals surface area contributed by atoms with Gasteiger partial charge in [0.1, 0.15) is 18.5 Å². The summed E-state index contributed by atoms with van der Waals surface area (Å²) in [7, 11) is 1.79. The van der Waals surface area contributed by atoms with E-state index < -0.39 is 12.1 Å². The fraction of sp³-hybridized carbons (Fsp3) is 0.542. The number of rotatable bonds is 7. The summed E-state index contributed by atoms with van der Waals surface area (Å²) < 4.78 is 22.3. The van der Waals surface area contributed by atoms with E-state index >= 15 is 0 Å². The van der Waals surface area contributed by atoms with Gasteiger partial charge in [-0.3, -0.25) is 0 Å². The normalized spacial score (nSPS) is 21.0. The molecular formula is C24H30N2O7. The van der Waals surface area contributed by atoms with Crippen LogP contribution in [0.5, 0.6) is 5.75 Å². The Hall–Kier alpha value is -3.07. The molecule has 1 N–H and O–H groups in total. The molecule has 1 saturated carbocycles. The Kier molecular flexibility index (Phi) is 7.17. The number of hydrogen-bond acceptors (Lipinski definition) is 7. The number of benzene rings is 1. The predicted molar refractivity (Wildman–Crippen MR) is 118 cm³/mol. The monoisotopic (exact) mass is 458 g/mol. The van der Waals surface area contributed by atoms with Crippen molar-refractivity contribution >= 4 is 12.1 Å². The first-order chi connectivity index (χ1) is 15.9. The Balaban J connectivity index is 1.38. The lowest BCUT2D eigenvalue weighted by atomic mass is 10.1. The van der Waals surface area contributed by atoms with Gasteiger partial charge in [0.05, 0.1) is 17.9 Å². The van der Waals surface area contributed by atoms with Gasteiger partial charge in [-0.1, -0.05) is 18.0 Å². The molecule has 1 aliphatic heterocycles. The molecule has 1 saturated heterocycles. The smallest absolute Gasteiger partial charge is 0.410 e. The highest BCUT2D eigenvalue weighted by Gasteiger charge is 2.29. The number of amides is 1. The standard InChI is InChI=1S/C24H30N2O7/c1-15-20(14-31-24(29)26(2)17-5-3-4-6-17)22(33-25-15)16-7-9-18(10-8-16)32-19-11-12-30-21(13-19)23(27)28/h7-10,17,19,21H,3-6,11-14H2,1-2H3,(H,27,28)/t19-,21+/m0/s1. The second kappa shape index (κ2) is 10.2. The molecule has 9 heteroatoms. The van der Waals surface area contributed by atoms with E-state index in [0.29, 0.717) is 36.7 Å². The lowest BCUT2D eigenvalue weighted by molar-refractivity contribution is -0.156. The van der Waals surface area contributed by atoms with Gasteiger partial charge in [0.2, 0.25) is 0 Å². The Morgan fingerprint density at radius 1 is 1.18 bits per heavy atom. The zero-order chi connectivity index (χ0) is 23.4. The molecule has 0 unspecified atom stereocenters. The lowest BCUT2D eigenvalue weighted by Gasteiger charge is -2.27. The van der Waals surface area contributed by atoms with E-state index in [-0.39, 0.29) is 24.8 Å². The quantitative estimate of drug-likeness (QED) is 0.658. The summed E-state index contributed by atoms with van der Waals surface area (Å²) in [5.41, 5.74) is 2.18. The van der Waals surface area contributed by atoms with Crippen LogP contribution in [-0.2, 0) is 20.9 Å². The van der Waals surface area contributed by atoms with E-state index in [0.717, 1.165) is 36.8 Å². The summed E-state index contributed by atoms with van der Waals surface area (Å²) in [5.74, 6) is 0.214. The zero-order valence-electron chi connectivity index (χ0n) is 19.0. The molecular weight excluding hydrogens is 428 g/mol. The second-order valence-electron chi connectivity index (χ2n) is 8.67. The van der Waals surface area contributed by atoms with Crippen LogP contribution in [0.25, 0.3) is 11.3 Å². The number of ether oxygens (including phenoxy) is 3. The predicted octanol–water partition coefficient (Wildman–Crippen LogP) is 4.17. The third kappa shape index (κ3) is 5.47. The number of carboxylic acid groups (broad SMARTS) is 1. The van der Waals surface area contributed by atoms with E-state index in [9.17, 15) is 9.59 Å². The number of nitrogens with zero attached hydrogens (tertiary/aromatic N) is 2. The molecule has 2 fully saturated rings. The van der Waals surface area contributed by atoms with E-state index in [1.165, 1.54) is 0 Å². The molecule has 0 bridgehead atoms. The number of aryl methyl sites for hydroxylation is 1. The number of aliphatic carboxylic acids is 1. The van der Waals surface area contributed by atoms with Crippen LogP contribution < -0.4 is 4.74 Å². The van der Waals surface area contributed by atoms with Crippen molar-refractivity contribution in [3.63, 3.8) is 0 Å². The van der Waals surface area contributed by atoms with E-state index in [1.807, 2.05) is 31.2 Å². The van der Waals surface area contributed by atoms with Crippen LogP contribution in [0.3, 0.4) is 0 Å². The van der Waals surface area contributed by atoms with Crippen molar-refractivity contribution in [2.45, 2.75) is 70.3 Å². The van der Waals surface area contributed by atoms with Crippen LogP contribution >= 0.6 is 0 Å². The first-order valence-electron chi connectivity index (χ1n) is 11.4. The fourth-order valence-electron chi connectivity index (χ4n) is 4.38. The Bertz CT molecular complexity index is 966. The number of hydrogen-bond donors (Lipinski definition) is 1. The highest BCUT2D eigenvalue weighted by molar-refractivity contribution is 5.72. The van der Waals surface area contributed by atoms with Gasteiger partial charge >= 0.3 is 12.1 Å². The van der Waals surface area contributed by atoms with Gasteiger partial charge in [-0.25, -0.2) is 9.59 Å². The SMILES string of the molecule is Cc1noc(-c2ccc(O[C@H]3CCO[C@@H](C(=O)O)C3)cc2)c1COC(=O)N(C)C1CCCC1. The summed E-state index contributed by atoms with van der Waals surface area (Å²) in [5, 5.41) is 13.2. The van der Waals surface area contributed by atoms with Gasteiger partial charge in [-0.2, -0.15) is 0 Å². The molecule has 1 aromatic carbocycles. The number of carbonyl (C=O) groups is 2. The average molecular weight is 459 g/mol. The van der Waals surface area contributed by atoms with Crippen molar-refractivity contribution in [3.05, 3.63) is 35.5 Å². The van der Waals surface area contributed by atoms with Crippen LogP contribution in [-0.4, -0.2) is 59.1 Å². The Labute approximate surface area is 192 Å². The van der Waals surface area contributed by atoms with Crippen LogP contribution in [0.1, 0.15) is 49.8 Å².